The third-order valence-corrected chi connectivity index (χ3v) is 4.71. The molecule has 0 aliphatic carbocycles. The minimum Gasteiger partial charge on any atom is -0.381 e. The molecule has 3 aliphatic rings. The Morgan fingerprint density at radius 1 is 1.05 bits per heavy atom. The van der Waals surface area contributed by atoms with Gasteiger partial charge < -0.3 is 24.7 Å². The summed E-state index contributed by atoms with van der Waals surface area (Å²) in [5.41, 5.74) is 5.69. The third kappa shape index (κ3) is 2.95. The van der Waals surface area contributed by atoms with Crippen LogP contribution in [0.5, 0.6) is 0 Å². The minimum atomic E-state index is -0.180. The van der Waals surface area contributed by atoms with Gasteiger partial charge in [-0.2, -0.15) is 0 Å². The van der Waals surface area contributed by atoms with Gasteiger partial charge in [0.1, 0.15) is 0 Å². The van der Waals surface area contributed by atoms with Crippen molar-refractivity contribution in [3.63, 3.8) is 0 Å². The first-order valence-electron chi connectivity index (χ1n) is 7.43. The summed E-state index contributed by atoms with van der Waals surface area (Å²) >= 11 is 0. The van der Waals surface area contributed by atoms with Crippen LogP contribution in [0.3, 0.4) is 0 Å². The zero-order valence-corrected chi connectivity index (χ0v) is 11.6. The molecule has 0 aromatic rings. The zero-order valence-electron chi connectivity index (χ0n) is 11.6. The van der Waals surface area contributed by atoms with E-state index in [0.717, 1.165) is 58.5 Å². The van der Waals surface area contributed by atoms with Gasteiger partial charge in [0.15, 0.2) is 0 Å². The van der Waals surface area contributed by atoms with Crippen LogP contribution in [-0.4, -0.2) is 56.9 Å². The van der Waals surface area contributed by atoms with Crippen molar-refractivity contribution in [1.82, 2.24) is 0 Å². The summed E-state index contributed by atoms with van der Waals surface area (Å²) in [6.45, 7) is 4.39. The molecule has 0 aromatic carbocycles. The maximum absolute atomic E-state index is 6.42. The predicted molar refractivity (Wildman–Crippen MR) is 70.1 cm³/mol. The van der Waals surface area contributed by atoms with Gasteiger partial charge in [-0.25, -0.2) is 0 Å². The van der Waals surface area contributed by atoms with Gasteiger partial charge in [-0.3, -0.25) is 0 Å². The van der Waals surface area contributed by atoms with Gasteiger partial charge >= 0.3 is 0 Å². The van der Waals surface area contributed by atoms with Gasteiger partial charge in [0.2, 0.25) is 0 Å². The van der Waals surface area contributed by atoms with Gasteiger partial charge in [-0.15, -0.1) is 0 Å². The van der Waals surface area contributed by atoms with E-state index in [1.807, 2.05) is 0 Å². The van der Waals surface area contributed by atoms with E-state index in [-0.39, 0.29) is 17.3 Å². The van der Waals surface area contributed by atoms with E-state index < -0.39 is 0 Å². The van der Waals surface area contributed by atoms with E-state index in [1.165, 1.54) is 0 Å². The van der Waals surface area contributed by atoms with Crippen LogP contribution >= 0.6 is 0 Å². The predicted octanol–water partition coefficient (Wildman–Crippen LogP) is 0.849. The van der Waals surface area contributed by atoms with Crippen molar-refractivity contribution in [2.24, 2.45) is 5.73 Å². The Morgan fingerprint density at radius 2 is 1.84 bits per heavy atom. The van der Waals surface area contributed by atoms with E-state index in [9.17, 15) is 0 Å². The molecule has 2 atom stereocenters. The fraction of sp³-hybridized carbons (Fsp3) is 1.00. The second-order valence-corrected chi connectivity index (χ2v) is 6.07. The van der Waals surface area contributed by atoms with Crippen molar-refractivity contribution in [2.45, 2.75) is 49.4 Å². The van der Waals surface area contributed by atoms with E-state index >= 15 is 0 Å². The SMILES string of the molecule is NCC1(OC2CCOC3(CCOC3)C2)CCOCC1. The lowest BCUT2D eigenvalue weighted by molar-refractivity contribution is -0.190. The van der Waals surface area contributed by atoms with Crippen molar-refractivity contribution in [3.8, 4) is 0 Å². The summed E-state index contributed by atoms with van der Waals surface area (Å²) in [5.74, 6) is 0. The highest BCUT2D eigenvalue weighted by Gasteiger charge is 2.44. The van der Waals surface area contributed by atoms with Crippen molar-refractivity contribution in [2.75, 3.05) is 39.6 Å². The molecule has 0 radical (unpaired) electrons. The van der Waals surface area contributed by atoms with E-state index in [1.54, 1.807) is 0 Å². The molecule has 19 heavy (non-hydrogen) atoms. The molecule has 0 aromatic heterocycles. The average Bonchev–Trinajstić information content (AvgIpc) is 2.88. The molecule has 0 bridgehead atoms. The first-order chi connectivity index (χ1) is 9.26. The summed E-state index contributed by atoms with van der Waals surface area (Å²) in [6, 6.07) is 0. The number of nitrogens with two attached hydrogens (primary N) is 1. The van der Waals surface area contributed by atoms with Crippen LogP contribution in [0, 0.1) is 0 Å². The summed E-state index contributed by atoms with van der Waals surface area (Å²) in [6.07, 6.45) is 4.96. The van der Waals surface area contributed by atoms with Gasteiger partial charge in [-0.1, -0.05) is 0 Å². The average molecular weight is 271 g/mol. The number of hydrogen-bond donors (Lipinski definition) is 1. The summed E-state index contributed by atoms with van der Waals surface area (Å²) in [4.78, 5) is 0. The molecular weight excluding hydrogens is 246 g/mol. The number of rotatable bonds is 3. The molecule has 3 fully saturated rings. The zero-order chi connectivity index (χ0) is 13.2. The molecule has 3 saturated heterocycles. The highest BCUT2D eigenvalue weighted by Crippen LogP contribution is 2.37. The smallest absolute Gasteiger partial charge is 0.0961 e. The van der Waals surface area contributed by atoms with E-state index in [4.69, 9.17) is 24.7 Å². The molecule has 0 amide bonds. The second kappa shape index (κ2) is 5.66. The van der Waals surface area contributed by atoms with Crippen LogP contribution in [0.15, 0.2) is 0 Å². The lowest BCUT2D eigenvalue weighted by Gasteiger charge is -2.43. The molecule has 3 rings (SSSR count). The molecule has 0 saturated carbocycles. The van der Waals surface area contributed by atoms with Crippen LogP contribution in [-0.2, 0) is 18.9 Å². The van der Waals surface area contributed by atoms with Crippen molar-refractivity contribution in [3.05, 3.63) is 0 Å². The van der Waals surface area contributed by atoms with Crippen molar-refractivity contribution in [1.29, 1.82) is 0 Å². The minimum absolute atomic E-state index is 0.0934. The van der Waals surface area contributed by atoms with Gasteiger partial charge in [0.05, 0.1) is 23.9 Å². The van der Waals surface area contributed by atoms with E-state index in [2.05, 4.69) is 0 Å². The molecule has 5 heteroatoms. The van der Waals surface area contributed by atoms with Crippen LogP contribution in [0.2, 0.25) is 0 Å². The second-order valence-electron chi connectivity index (χ2n) is 6.07. The Bertz CT molecular complexity index is 298. The lowest BCUT2D eigenvalue weighted by atomic mass is 9.89. The molecule has 3 aliphatic heterocycles. The van der Waals surface area contributed by atoms with Crippen LogP contribution < -0.4 is 5.73 Å². The molecule has 2 unspecified atom stereocenters. The van der Waals surface area contributed by atoms with E-state index in [0.29, 0.717) is 13.2 Å². The van der Waals surface area contributed by atoms with Gasteiger partial charge in [-0.05, 0) is 6.42 Å². The fourth-order valence-corrected chi connectivity index (χ4v) is 3.41. The van der Waals surface area contributed by atoms with Gasteiger partial charge in [0.25, 0.3) is 0 Å². The Balaban J connectivity index is 1.61. The Labute approximate surface area is 114 Å². The number of ether oxygens (including phenoxy) is 4. The Hall–Kier alpha value is -0.200. The molecule has 110 valence electrons. The third-order valence-electron chi connectivity index (χ3n) is 4.71. The summed E-state index contributed by atoms with van der Waals surface area (Å²) in [7, 11) is 0. The highest BCUT2D eigenvalue weighted by atomic mass is 16.6. The van der Waals surface area contributed by atoms with Crippen LogP contribution in [0.25, 0.3) is 0 Å². The summed E-state index contributed by atoms with van der Waals surface area (Å²) in [5, 5.41) is 0. The fourth-order valence-electron chi connectivity index (χ4n) is 3.41. The largest absolute Gasteiger partial charge is 0.381 e. The first-order valence-corrected chi connectivity index (χ1v) is 7.43. The van der Waals surface area contributed by atoms with Crippen LogP contribution in [0.4, 0.5) is 0 Å². The molecule has 1 spiro atoms. The molecule has 3 heterocycles. The van der Waals surface area contributed by atoms with Gasteiger partial charge in [0, 0.05) is 58.7 Å². The molecular formula is C14H25NO4. The standard InChI is InChI=1S/C14H25NO4/c15-10-13(2-6-16-7-3-13)19-12-1-5-18-14(9-12)4-8-17-11-14/h12H,1-11,15H2. The lowest BCUT2D eigenvalue weighted by Crippen LogP contribution is -2.51. The maximum atomic E-state index is 6.42. The summed E-state index contributed by atoms with van der Waals surface area (Å²) < 4.78 is 23.3. The highest BCUT2D eigenvalue weighted by molar-refractivity contribution is 4.93. The normalized spacial score (nSPS) is 38.7. The van der Waals surface area contributed by atoms with Crippen molar-refractivity contribution >= 4 is 0 Å². The van der Waals surface area contributed by atoms with Crippen LogP contribution in [0.1, 0.15) is 32.1 Å². The van der Waals surface area contributed by atoms with Crippen molar-refractivity contribution < 1.29 is 18.9 Å². The maximum Gasteiger partial charge on any atom is 0.0961 e. The molecule has 2 N–H and O–H groups in total. The quantitative estimate of drug-likeness (QED) is 0.824. The first kappa shape index (κ1) is 13.8. The Kier molecular flexibility index (Phi) is 4.10. The number of hydrogen-bond acceptors (Lipinski definition) is 5. The monoisotopic (exact) mass is 271 g/mol. The Morgan fingerprint density at radius 3 is 2.53 bits per heavy atom. The topological polar surface area (TPSA) is 62.9 Å². The molecule has 5 nitrogen and oxygen atoms in total.